The molecule has 1 saturated heterocycles. The van der Waals surface area contributed by atoms with Gasteiger partial charge in [-0.2, -0.15) is 4.31 Å². The standard InChI is InChI=1S/C15H24N2O2S2/c1-3-16-12-13-7-9-17(10-8-13)21(18,19)15-6-4-5-14(11-15)20-2/h4-6,11,13,16H,3,7-10,12H2,1-2H3. The second kappa shape index (κ2) is 7.63. The molecule has 0 aromatic heterocycles. The van der Waals surface area contributed by atoms with E-state index < -0.39 is 10.0 Å². The molecule has 6 heteroatoms. The molecule has 0 aliphatic carbocycles. The van der Waals surface area contributed by atoms with Gasteiger partial charge in [0, 0.05) is 18.0 Å². The SMILES string of the molecule is CCNCC1CCN(S(=O)(=O)c2cccc(SC)c2)CC1. The van der Waals surface area contributed by atoms with Gasteiger partial charge in [-0.05, 0) is 56.3 Å². The molecule has 4 nitrogen and oxygen atoms in total. The lowest BCUT2D eigenvalue weighted by molar-refractivity contribution is 0.268. The summed E-state index contributed by atoms with van der Waals surface area (Å²) in [5, 5.41) is 3.35. The van der Waals surface area contributed by atoms with E-state index >= 15 is 0 Å². The zero-order valence-electron chi connectivity index (χ0n) is 12.7. The fraction of sp³-hybridized carbons (Fsp3) is 0.600. The van der Waals surface area contributed by atoms with Crippen molar-refractivity contribution in [2.75, 3.05) is 32.4 Å². The van der Waals surface area contributed by atoms with E-state index in [-0.39, 0.29) is 0 Å². The molecule has 0 spiro atoms. The predicted molar refractivity (Wildman–Crippen MR) is 88.2 cm³/mol. The molecule has 1 aromatic carbocycles. The first kappa shape index (κ1) is 16.8. The lowest BCUT2D eigenvalue weighted by atomic mass is 9.98. The molecule has 0 amide bonds. The summed E-state index contributed by atoms with van der Waals surface area (Å²) < 4.78 is 27.0. The largest absolute Gasteiger partial charge is 0.317 e. The fourth-order valence-electron chi connectivity index (χ4n) is 2.61. The number of hydrogen-bond donors (Lipinski definition) is 1. The van der Waals surface area contributed by atoms with Gasteiger partial charge in [-0.1, -0.05) is 13.0 Å². The quantitative estimate of drug-likeness (QED) is 0.815. The third-order valence-corrected chi connectivity index (χ3v) is 6.56. The van der Waals surface area contributed by atoms with Gasteiger partial charge in [-0.25, -0.2) is 8.42 Å². The van der Waals surface area contributed by atoms with E-state index in [4.69, 9.17) is 0 Å². The Bertz CT molecular complexity index is 553. The smallest absolute Gasteiger partial charge is 0.243 e. The monoisotopic (exact) mass is 328 g/mol. The number of nitrogens with one attached hydrogen (secondary N) is 1. The van der Waals surface area contributed by atoms with Crippen LogP contribution in [0.3, 0.4) is 0 Å². The molecule has 0 radical (unpaired) electrons. The van der Waals surface area contributed by atoms with E-state index in [0.717, 1.165) is 30.8 Å². The van der Waals surface area contributed by atoms with Gasteiger partial charge in [0.15, 0.2) is 0 Å². The minimum atomic E-state index is -3.34. The summed E-state index contributed by atoms with van der Waals surface area (Å²) in [7, 11) is -3.34. The summed E-state index contributed by atoms with van der Waals surface area (Å²) in [5.41, 5.74) is 0. The Morgan fingerprint density at radius 2 is 2.05 bits per heavy atom. The van der Waals surface area contributed by atoms with Gasteiger partial charge in [-0.15, -0.1) is 11.8 Å². The molecule has 0 bridgehead atoms. The highest BCUT2D eigenvalue weighted by Gasteiger charge is 2.29. The van der Waals surface area contributed by atoms with Gasteiger partial charge in [0.2, 0.25) is 10.0 Å². The predicted octanol–water partition coefficient (Wildman–Crippen LogP) is 2.42. The topological polar surface area (TPSA) is 49.4 Å². The summed E-state index contributed by atoms with van der Waals surface area (Å²) in [4.78, 5) is 1.40. The second-order valence-electron chi connectivity index (χ2n) is 5.33. The molecule has 0 saturated carbocycles. The summed E-state index contributed by atoms with van der Waals surface area (Å²) in [6.07, 6.45) is 3.83. The molecule has 1 heterocycles. The van der Waals surface area contributed by atoms with Gasteiger partial charge in [0.05, 0.1) is 4.90 Å². The molecule has 0 unspecified atom stereocenters. The van der Waals surface area contributed by atoms with Crippen LogP contribution in [0.15, 0.2) is 34.1 Å². The summed E-state index contributed by atoms with van der Waals surface area (Å²) >= 11 is 1.56. The molecule has 118 valence electrons. The van der Waals surface area contributed by atoms with Crippen molar-refractivity contribution in [1.29, 1.82) is 0 Å². The minimum Gasteiger partial charge on any atom is -0.317 e. The highest BCUT2D eigenvalue weighted by atomic mass is 32.2. The number of nitrogens with zero attached hydrogens (tertiary/aromatic N) is 1. The Balaban J connectivity index is 2.04. The number of sulfonamides is 1. The van der Waals surface area contributed by atoms with Crippen LogP contribution < -0.4 is 5.32 Å². The van der Waals surface area contributed by atoms with E-state index in [1.54, 1.807) is 28.2 Å². The Morgan fingerprint density at radius 1 is 1.33 bits per heavy atom. The lowest BCUT2D eigenvalue weighted by Gasteiger charge is -2.31. The number of benzene rings is 1. The normalized spacial score (nSPS) is 18.0. The van der Waals surface area contributed by atoms with Crippen molar-refractivity contribution in [3.8, 4) is 0 Å². The van der Waals surface area contributed by atoms with Gasteiger partial charge >= 0.3 is 0 Å². The average molecular weight is 329 g/mol. The van der Waals surface area contributed by atoms with Crippen molar-refractivity contribution in [2.45, 2.75) is 29.6 Å². The van der Waals surface area contributed by atoms with Crippen molar-refractivity contribution in [3.05, 3.63) is 24.3 Å². The molecule has 1 fully saturated rings. The van der Waals surface area contributed by atoms with E-state index in [2.05, 4.69) is 12.2 Å². The van der Waals surface area contributed by atoms with Crippen LogP contribution in [-0.2, 0) is 10.0 Å². The van der Waals surface area contributed by atoms with Gasteiger partial charge in [-0.3, -0.25) is 0 Å². The van der Waals surface area contributed by atoms with Crippen LogP contribution >= 0.6 is 11.8 Å². The number of rotatable bonds is 6. The number of piperidine rings is 1. The van der Waals surface area contributed by atoms with Crippen molar-refractivity contribution in [3.63, 3.8) is 0 Å². The van der Waals surface area contributed by atoms with Crippen LogP contribution in [0, 0.1) is 5.92 Å². The minimum absolute atomic E-state index is 0.416. The Kier molecular flexibility index (Phi) is 6.10. The van der Waals surface area contributed by atoms with Crippen LogP contribution in [0.1, 0.15) is 19.8 Å². The summed E-state index contributed by atoms with van der Waals surface area (Å²) in [6.45, 7) is 5.31. The van der Waals surface area contributed by atoms with E-state index in [9.17, 15) is 8.42 Å². The first-order valence-corrected chi connectivity index (χ1v) is 10.1. The maximum atomic E-state index is 12.7. The maximum absolute atomic E-state index is 12.7. The van der Waals surface area contributed by atoms with Crippen molar-refractivity contribution < 1.29 is 8.42 Å². The Morgan fingerprint density at radius 3 is 2.67 bits per heavy atom. The summed E-state index contributed by atoms with van der Waals surface area (Å²) in [5.74, 6) is 0.592. The molecule has 1 N–H and O–H groups in total. The van der Waals surface area contributed by atoms with Crippen molar-refractivity contribution >= 4 is 21.8 Å². The molecule has 21 heavy (non-hydrogen) atoms. The first-order valence-electron chi connectivity index (χ1n) is 7.43. The number of hydrogen-bond acceptors (Lipinski definition) is 4. The summed E-state index contributed by atoms with van der Waals surface area (Å²) in [6, 6.07) is 7.22. The van der Waals surface area contributed by atoms with Crippen LogP contribution in [0.25, 0.3) is 0 Å². The maximum Gasteiger partial charge on any atom is 0.243 e. The van der Waals surface area contributed by atoms with E-state index in [1.165, 1.54) is 0 Å². The highest BCUT2D eigenvalue weighted by Crippen LogP contribution is 2.25. The van der Waals surface area contributed by atoms with Gasteiger partial charge < -0.3 is 5.32 Å². The molecular formula is C15H24N2O2S2. The van der Waals surface area contributed by atoms with Crippen LogP contribution in [0.4, 0.5) is 0 Å². The zero-order valence-corrected chi connectivity index (χ0v) is 14.3. The zero-order chi connectivity index (χ0) is 15.3. The fourth-order valence-corrected chi connectivity index (χ4v) is 4.66. The van der Waals surface area contributed by atoms with Crippen LogP contribution in [0.2, 0.25) is 0 Å². The number of thioether (sulfide) groups is 1. The molecular weight excluding hydrogens is 304 g/mol. The Labute approximate surface area is 132 Å². The highest BCUT2D eigenvalue weighted by molar-refractivity contribution is 7.98. The second-order valence-corrected chi connectivity index (χ2v) is 8.15. The van der Waals surface area contributed by atoms with Crippen molar-refractivity contribution in [2.24, 2.45) is 5.92 Å². The third kappa shape index (κ3) is 4.22. The van der Waals surface area contributed by atoms with Crippen molar-refractivity contribution in [1.82, 2.24) is 9.62 Å². The first-order chi connectivity index (χ1) is 10.1. The van der Waals surface area contributed by atoms with E-state index in [1.807, 2.05) is 18.4 Å². The molecule has 1 aromatic rings. The lowest BCUT2D eigenvalue weighted by Crippen LogP contribution is -2.40. The van der Waals surface area contributed by atoms with Gasteiger partial charge in [0.25, 0.3) is 0 Å². The molecule has 1 aliphatic rings. The third-order valence-electron chi connectivity index (χ3n) is 3.94. The molecule has 1 aliphatic heterocycles. The van der Waals surface area contributed by atoms with Gasteiger partial charge in [0.1, 0.15) is 0 Å². The van der Waals surface area contributed by atoms with Crippen LogP contribution in [0.5, 0.6) is 0 Å². The molecule has 2 rings (SSSR count). The Hall–Kier alpha value is -0.560. The molecule has 0 atom stereocenters. The average Bonchev–Trinajstić information content (AvgIpc) is 2.53. The van der Waals surface area contributed by atoms with E-state index in [0.29, 0.717) is 23.9 Å². The van der Waals surface area contributed by atoms with Crippen LogP contribution in [-0.4, -0.2) is 45.2 Å².